The van der Waals surface area contributed by atoms with Gasteiger partial charge < -0.3 is 24.3 Å². The quantitative estimate of drug-likeness (QED) is 0.474. The van der Waals surface area contributed by atoms with Crippen molar-refractivity contribution in [3.8, 4) is 0 Å². The molecule has 0 saturated carbocycles. The van der Waals surface area contributed by atoms with E-state index in [4.69, 9.17) is 4.74 Å². The normalized spacial score (nSPS) is 27.2. The topological polar surface area (TPSA) is 69.7 Å². The van der Waals surface area contributed by atoms with E-state index in [2.05, 4.69) is 0 Å². The summed E-state index contributed by atoms with van der Waals surface area (Å²) in [4.78, 5) is 21.9. The van der Waals surface area contributed by atoms with E-state index in [1.54, 1.807) is 13.8 Å². The van der Waals surface area contributed by atoms with Crippen molar-refractivity contribution in [3.63, 3.8) is 0 Å². The first kappa shape index (κ1) is 8.99. The molecule has 68 valence electrons. The zero-order chi connectivity index (χ0) is 9.35. The zero-order valence-corrected chi connectivity index (χ0v) is 6.94. The lowest BCUT2D eigenvalue weighted by Gasteiger charge is -2.33. The predicted molar refractivity (Wildman–Crippen MR) is 37.1 cm³/mol. The number of rotatable bonds is 1. The van der Waals surface area contributed by atoms with E-state index in [1.165, 1.54) is 0 Å². The summed E-state index contributed by atoms with van der Waals surface area (Å²) in [7, 11) is 0. The molecule has 0 N–H and O–H groups in total. The maximum Gasteiger partial charge on any atom is 0.144 e. The molecule has 0 radical (unpaired) electrons. The van der Waals surface area contributed by atoms with E-state index >= 15 is 0 Å². The second-order valence-corrected chi connectivity index (χ2v) is 3.10. The number of carbonyl (C=O) groups excluding carboxylic acids is 2. The van der Waals surface area contributed by atoms with Crippen LogP contribution in [-0.2, 0) is 9.53 Å². The van der Waals surface area contributed by atoms with E-state index in [9.17, 15) is 14.7 Å². The van der Waals surface area contributed by atoms with Crippen molar-refractivity contribution in [3.05, 3.63) is 0 Å². The predicted octanol–water partition coefficient (Wildman–Crippen LogP) is -1.03. The summed E-state index contributed by atoms with van der Waals surface area (Å²) in [6.45, 7) is 3.25. The van der Waals surface area contributed by atoms with Gasteiger partial charge in [-0.15, -0.1) is 0 Å². The fourth-order valence-electron chi connectivity index (χ4n) is 1.29. The SMILES string of the molecule is CC1(C)OC[C@H](C=O)N1C(=O)[O-]. The summed E-state index contributed by atoms with van der Waals surface area (Å²) < 4.78 is 5.09. The summed E-state index contributed by atoms with van der Waals surface area (Å²) in [5.74, 6) is 0. The molecular formula is C7H10NO4-. The Morgan fingerprint density at radius 3 is 2.67 bits per heavy atom. The molecule has 1 atom stereocenters. The Bertz CT molecular complexity index is 213. The number of nitrogens with zero attached hydrogens (tertiary/aromatic N) is 1. The monoisotopic (exact) mass is 172 g/mol. The van der Waals surface area contributed by atoms with Crippen LogP contribution in [0.5, 0.6) is 0 Å². The highest BCUT2D eigenvalue weighted by atomic mass is 16.5. The minimum Gasteiger partial charge on any atom is -0.530 e. The highest BCUT2D eigenvalue weighted by Crippen LogP contribution is 2.25. The smallest absolute Gasteiger partial charge is 0.144 e. The summed E-state index contributed by atoms with van der Waals surface area (Å²) >= 11 is 0. The van der Waals surface area contributed by atoms with Crippen LogP contribution in [0.4, 0.5) is 4.79 Å². The van der Waals surface area contributed by atoms with E-state index < -0.39 is 17.9 Å². The van der Waals surface area contributed by atoms with E-state index in [-0.39, 0.29) is 6.61 Å². The molecular weight excluding hydrogens is 162 g/mol. The highest BCUT2D eigenvalue weighted by molar-refractivity contribution is 5.71. The van der Waals surface area contributed by atoms with Gasteiger partial charge in [0.1, 0.15) is 24.1 Å². The molecule has 0 unspecified atom stereocenters. The Morgan fingerprint density at radius 2 is 2.33 bits per heavy atom. The minimum atomic E-state index is -1.38. The van der Waals surface area contributed by atoms with Crippen LogP contribution >= 0.6 is 0 Å². The molecule has 5 heteroatoms. The fraction of sp³-hybridized carbons (Fsp3) is 0.714. The molecule has 12 heavy (non-hydrogen) atoms. The first-order valence-corrected chi connectivity index (χ1v) is 3.58. The molecule has 0 aliphatic carbocycles. The molecule has 0 aromatic heterocycles. The summed E-state index contributed by atoms with van der Waals surface area (Å²) in [5.41, 5.74) is -0.954. The van der Waals surface area contributed by atoms with Crippen molar-refractivity contribution in [1.82, 2.24) is 4.90 Å². The summed E-state index contributed by atoms with van der Waals surface area (Å²) in [6.07, 6.45) is -0.834. The molecule has 0 bridgehead atoms. The van der Waals surface area contributed by atoms with Crippen LogP contribution < -0.4 is 5.11 Å². The fourth-order valence-corrected chi connectivity index (χ4v) is 1.29. The summed E-state index contributed by atoms with van der Waals surface area (Å²) in [6, 6.07) is -0.731. The van der Waals surface area contributed by atoms with Gasteiger partial charge in [0.2, 0.25) is 0 Å². The van der Waals surface area contributed by atoms with Crippen LogP contribution in [0.3, 0.4) is 0 Å². The highest BCUT2D eigenvalue weighted by Gasteiger charge is 2.40. The molecule has 1 saturated heterocycles. The molecule has 0 aromatic carbocycles. The molecule has 1 amide bonds. The van der Waals surface area contributed by atoms with Gasteiger partial charge in [-0.1, -0.05) is 0 Å². The van der Waals surface area contributed by atoms with Gasteiger partial charge in [-0.3, -0.25) is 0 Å². The lowest BCUT2D eigenvalue weighted by molar-refractivity contribution is -0.275. The average molecular weight is 172 g/mol. The van der Waals surface area contributed by atoms with Gasteiger partial charge >= 0.3 is 0 Å². The van der Waals surface area contributed by atoms with Crippen molar-refractivity contribution in [2.24, 2.45) is 0 Å². The molecule has 1 aliphatic rings. The number of aldehydes is 1. The Labute approximate surface area is 69.9 Å². The van der Waals surface area contributed by atoms with Crippen molar-refractivity contribution >= 4 is 12.4 Å². The third kappa shape index (κ3) is 1.27. The standard InChI is InChI=1S/C7H11NO4/c1-7(2)8(6(10)11)5(3-9)4-12-7/h3,5H,4H2,1-2H3,(H,10,11)/p-1/t5-/m0/s1. The van der Waals surface area contributed by atoms with Gasteiger partial charge in [0, 0.05) is 0 Å². The zero-order valence-electron chi connectivity index (χ0n) is 6.94. The number of hydrogen-bond acceptors (Lipinski definition) is 4. The summed E-state index contributed by atoms with van der Waals surface area (Å²) in [5, 5.41) is 10.6. The maximum atomic E-state index is 10.6. The van der Waals surface area contributed by atoms with Crippen LogP contribution in [0.25, 0.3) is 0 Å². The number of ether oxygens (including phenoxy) is 1. The number of amides is 1. The Balaban J connectivity index is 2.87. The van der Waals surface area contributed by atoms with Crippen LogP contribution in [0, 0.1) is 0 Å². The van der Waals surface area contributed by atoms with E-state index in [1.807, 2.05) is 0 Å². The third-order valence-electron chi connectivity index (χ3n) is 1.87. The molecule has 1 rings (SSSR count). The maximum absolute atomic E-state index is 10.6. The van der Waals surface area contributed by atoms with Gasteiger partial charge in [-0.05, 0) is 13.8 Å². The molecule has 0 aromatic rings. The van der Waals surface area contributed by atoms with Crippen molar-refractivity contribution in [2.45, 2.75) is 25.6 Å². The molecule has 1 heterocycles. The molecule has 0 spiro atoms. The van der Waals surface area contributed by atoms with Crippen LogP contribution in [0.2, 0.25) is 0 Å². The van der Waals surface area contributed by atoms with Crippen LogP contribution in [0.1, 0.15) is 13.8 Å². The lowest BCUT2D eigenvalue weighted by Crippen LogP contribution is -2.53. The average Bonchev–Trinajstić information content (AvgIpc) is 2.24. The Hall–Kier alpha value is -1.10. The Morgan fingerprint density at radius 1 is 1.75 bits per heavy atom. The minimum absolute atomic E-state index is 0.102. The van der Waals surface area contributed by atoms with Gasteiger partial charge in [0.25, 0.3) is 0 Å². The molecule has 1 aliphatic heterocycles. The van der Waals surface area contributed by atoms with Crippen LogP contribution in [-0.4, -0.2) is 35.7 Å². The van der Waals surface area contributed by atoms with Crippen molar-refractivity contribution in [1.29, 1.82) is 0 Å². The second-order valence-electron chi connectivity index (χ2n) is 3.10. The van der Waals surface area contributed by atoms with Gasteiger partial charge in [0.05, 0.1) is 6.61 Å². The van der Waals surface area contributed by atoms with Gasteiger partial charge in [0.15, 0.2) is 0 Å². The van der Waals surface area contributed by atoms with Crippen LogP contribution in [0.15, 0.2) is 0 Å². The Kier molecular flexibility index (Phi) is 2.06. The lowest BCUT2D eigenvalue weighted by atomic mass is 10.2. The van der Waals surface area contributed by atoms with Crippen molar-refractivity contribution in [2.75, 3.05) is 6.61 Å². The third-order valence-corrected chi connectivity index (χ3v) is 1.87. The number of carboxylic acid groups (broad SMARTS) is 1. The molecule has 5 nitrogen and oxygen atoms in total. The number of carbonyl (C=O) groups is 2. The first-order valence-electron chi connectivity index (χ1n) is 3.58. The molecule has 1 fully saturated rings. The van der Waals surface area contributed by atoms with Gasteiger partial charge in [-0.25, -0.2) is 0 Å². The largest absolute Gasteiger partial charge is 0.530 e. The van der Waals surface area contributed by atoms with E-state index in [0.717, 1.165) is 4.90 Å². The van der Waals surface area contributed by atoms with Gasteiger partial charge in [-0.2, -0.15) is 0 Å². The number of hydrogen-bond donors (Lipinski definition) is 0. The second kappa shape index (κ2) is 2.75. The first-order chi connectivity index (χ1) is 5.49. The van der Waals surface area contributed by atoms with E-state index in [0.29, 0.717) is 6.29 Å². The van der Waals surface area contributed by atoms with Crippen molar-refractivity contribution < 1.29 is 19.4 Å².